The first-order valence-corrected chi connectivity index (χ1v) is 25.3. The molecule has 2 aromatic carbocycles. The lowest BCUT2D eigenvalue weighted by Crippen LogP contribution is -2.60. The number of alkyl halides is 18. The summed E-state index contributed by atoms with van der Waals surface area (Å²) in [6.07, 6.45) is -21.4. The molecular formula is C49H42F18N6O7S2. The van der Waals surface area contributed by atoms with Gasteiger partial charge in [0.25, 0.3) is 11.8 Å². The highest BCUT2D eigenvalue weighted by molar-refractivity contribution is 7.10. The Morgan fingerprint density at radius 3 is 1.54 bits per heavy atom. The van der Waals surface area contributed by atoms with E-state index in [4.69, 9.17) is 13.9 Å². The lowest BCUT2D eigenvalue weighted by molar-refractivity contribution is -0.396. The number of nitrogens with one attached hydrogen (secondary N) is 3. The average Bonchev–Trinajstić information content (AvgIpc) is 3.51. The number of aryl methyl sites for hydroxylation is 3. The molecule has 33 heteroatoms. The molecule has 3 amide bonds. The standard InChI is InChI=1S/C49H42F18N6O7S2/c1-6-15-78-40(76)33-20-82-39(72-33)22(3)68-35(74)32-19-81-38(71-32)23(4)69-36(75)34-24(5)80-37(73-34)21(2)70-41(77)79-18-31-29-16-25(11-13-42(50,51)44(54,55)46(58,59)48(62,63)64)7-9-27(29)28-10-8-26(17-30(28)31)12-14-43(52,53)45(56,57)47(60,61)49(65,66)67/h6-10,16-17,19-23,31H,1,11-15,18H2,2-5H3,(H,68,74)(H,69,75)(H,70,77)/t21-,22-,23+/m0/s1. The van der Waals surface area contributed by atoms with Gasteiger partial charge in [-0.15, -0.1) is 22.7 Å². The van der Waals surface area contributed by atoms with Crippen molar-refractivity contribution in [1.29, 1.82) is 0 Å². The SMILES string of the molecule is C=CCOC(=O)c1csc([C@H](C)NC(=O)c2csc([C@@H](C)NC(=O)c3nc([C@H](C)NC(=O)OCC4c5cc(CCC(F)(F)C(F)(F)C(F)(F)C(F)(F)F)ccc5-c5ccc(CCC(F)(F)C(F)(F)C(F)(F)C(F)(F)F)cc54)oc3C)n2)n1. The highest BCUT2D eigenvalue weighted by atomic mass is 32.1. The van der Waals surface area contributed by atoms with E-state index in [1.54, 1.807) is 6.92 Å². The molecule has 0 saturated heterocycles. The van der Waals surface area contributed by atoms with Gasteiger partial charge in [0.2, 0.25) is 5.89 Å². The Morgan fingerprint density at radius 2 is 1.07 bits per heavy atom. The summed E-state index contributed by atoms with van der Waals surface area (Å²) in [5.41, 5.74) is -1.15. The van der Waals surface area contributed by atoms with E-state index in [2.05, 4.69) is 37.5 Å². The van der Waals surface area contributed by atoms with Crippen molar-refractivity contribution in [2.24, 2.45) is 0 Å². The second-order valence-corrected chi connectivity index (χ2v) is 20.2. The van der Waals surface area contributed by atoms with E-state index in [0.29, 0.717) is 5.01 Å². The first-order valence-electron chi connectivity index (χ1n) is 23.6. The molecule has 5 aromatic rings. The fourth-order valence-corrected chi connectivity index (χ4v) is 9.57. The minimum atomic E-state index is -7.19. The molecule has 0 bridgehead atoms. The van der Waals surface area contributed by atoms with E-state index >= 15 is 0 Å². The zero-order chi connectivity index (χ0) is 61.5. The molecule has 0 spiro atoms. The van der Waals surface area contributed by atoms with Gasteiger partial charge in [0.15, 0.2) is 11.4 Å². The van der Waals surface area contributed by atoms with Crippen LogP contribution < -0.4 is 16.0 Å². The summed E-state index contributed by atoms with van der Waals surface area (Å²) in [5.74, 6) is -44.2. The lowest BCUT2D eigenvalue weighted by atomic mass is 9.92. The summed E-state index contributed by atoms with van der Waals surface area (Å²) < 4.78 is 262. The maximum absolute atomic E-state index is 14.6. The first kappa shape index (κ1) is 64.2. The van der Waals surface area contributed by atoms with Gasteiger partial charge in [-0.1, -0.05) is 49.1 Å². The number of fused-ring (bicyclic) bond motifs is 3. The van der Waals surface area contributed by atoms with Gasteiger partial charge in [0.1, 0.15) is 40.7 Å². The van der Waals surface area contributed by atoms with Crippen molar-refractivity contribution in [2.45, 2.75) is 125 Å². The van der Waals surface area contributed by atoms with E-state index in [1.165, 1.54) is 37.6 Å². The van der Waals surface area contributed by atoms with Crippen LogP contribution in [-0.4, -0.2) is 99.9 Å². The molecule has 3 heterocycles. The van der Waals surface area contributed by atoms with Crippen molar-refractivity contribution in [3.63, 3.8) is 0 Å². The number of benzene rings is 2. The van der Waals surface area contributed by atoms with Crippen LogP contribution in [0.3, 0.4) is 0 Å². The van der Waals surface area contributed by atoms with Crippen molar-refractivity contribution in [2.75, 3.05) is 13.2 Å². The van der Waals surface area contributed by atoms with Gasteiger partial charge in [-0.05, 0) is 73.9 Å². The van der Waals surface area contributed by atoms with Crippen LogP contribution in [0.25, 0.3) is 11.1 Å². The molecule has 3 atom stereocenters. The van der Waals surface area contributed by atoms with Crippen LogP contribution in [0, 0.1) is 6.92 Å². The number of hydrogen-bond donors (Lipinski definition) is 3. The van der Waals surface area contributed by atoms with Crippen molar-refractivity contribution >= 4 is 46.6 Å². The number of carbonyl (C=O) groups is 4. The number of esters is 1. The Hall–Kier alpha value is -6.93. The van der Waals surface area contributed by atoms with Crippen LogP contribution in [0.2, 0.25) is 0 Å². The molecule has 3 N–H and O–H groups in total. The van der Waals surface area contributed by atoms with Gasteiger partial charge in [-0.2, -0.15) is 79.0 Å². The van der Waals surface area contributed by atoms with E-state index in [1.807, 2.05) is 0 Å². The van der Waals surface area contributed by atoms with Crippen LogP contribution in [0.4, 0.5) is 83.8 Å². The maximum Gasteiger partial charge on any atom is 0.460 e. The Bertz CT molecular complexity index is 3090. The van der Waals surface area contributed by atoms with Crippen molar-refractivity contribution in [3.8, 4) is 11.1 Å². The second kappa shape index (κ2) is 23.4. The minimum absolute atomic E-state index is 0.0250. The number of carbonyl (C=O) groups excluding carboxylic acids is 4. The van der Waals surface area contributed by atoms with Gasteiger partial charge < -0.3 is 29.8 Å². The molecule has 0 radical (unpaired) electrons. The van der Waals surface area contributed by atoms with E-state index < -0.39 is 139 Å². The minimum Gasteiger partial charge on any atom is -0.457 e. The average molecular weight is 1230 g/mol. The van der Waals surface area contributed by atoms with E-state index in [0.717, 1.165) is 59.1 Å². The largest absolute Gasteiger partial charge is 0.460 e. The summed E-state index contributed by atoms with van der Waals surface area (Å²) >= 11 is 2.11. The van der Waals surface area contributed by atoms with Crippen LogP contribution in [0.5, 0.6) is 0 Å². The quantitative estimate of drug-likeness (QED) is 0.0324. The Kier molecular flexibility index (Phi) is 18.3. The number of thiazole rings is 2. The Morgan fingerprint density at radius 1 is 0.622 bits per heavy atom. The highest BCUT2D eigenvalue weighted by Crippen LogP contribution is 2.56. The second-order valence-electron chi connectivity index (χ2n) is 18.4. The number of amides is 3. The summed E-state index contributed by atoms with van der Waals surface area (Å²) in [4.78, 5) is 64.5. The molecule has 0 saturated carbocycles. The molecule has 82 heavy (non-hydrogen) atoms. The molecule has 0 aliphatic heterocycles. The fourth-order valence-electron chi connectivity index (χ4n) is 7.97. The molecule has 3 aromatic heterocycles. The van der Waals surface area contributed by atoms with Gasteiger partial charge in [-0.25, -0.2) is 24.5 Å². The predicted octanol–water partition coefficient (Wildman–Crippen LogP) is 13.6. The topological polar surface area (TPSA) is 175 Å². The number of alkyl carbamates (subject to hydrolysis) is 1. The molecule has 1 aliphatic rings. The molecule has 0 fully saturated rings. The number of hydrogen-bond acceptors (Lipinski definition) is 12. The predicted molar refractivity (Wildman–Crippen MR) is 253 cm³/mol. The zero-order valence-corrected chi connectivity index (χ0v) is 43.9. The number of halogens is 18. The van der Waals surface area contributed by atoms with Crippen molar-refractivity contribution in [3.05, 3.63) is 121 Å². The summed E-state index contributed by atoms with van der Waals surface area (Å²) in [5, 5.41) is 11.2. The van der Waals surface area contributed by atoms with Crippen LogP contribution >= 0.6 is 22.7 Å². The summed E-state index contributed by atoms with van der Waals surface area (Å²) in [6.45, 7) is 8.33. The first-order chi connectivity index (χ1) is 37.7. The smallest absolute Gasteiger partial charge is 0.457 e. The third-order valence-electron chi connectivity index (χ3n) is 12.5. The number of ether oxygens (including phenoxy) is 2. The van der Waals surface area contributed by atoms with Gasteiger partial charge >= 0.3 is 60.0 Å². The van der Waals surface area contributed by atoms with Crippen molar-refractivity contribution < 1.29 is 112 Å². The molecule has 1 aliphatic carbocycles. The Labute approximate surface area is 458 Å². The van der Waals surface area contributed by atoms with Gasteiger partial charge in [0.05, 0.1) is 12.1 Å². The summed E-state index contributed by atoms with van der Waals surface area (Å²) in [6, 6.07) is 3.27. The molecule has 6 rings (SSSR count). The lowest BCUT2D eigenvalue weighted by Gasteiger charge is -2.33. The third kappa shape index (κ3) is 12.8. The highest BCUT2D eigenvalue weighted by Gasteiger charge is 2.82. The molecule has 448 valence electrons. The monoisotopic (exact) mass is 1230 g/mol. The molecule has 0 unspecified atom stereocenters. The maximum atomic E-state index is 14.6. The summed E-state index contributed by atoms with van der Waals surface area (Å²) in [7, 11) is 0. The van der Waals surface area contributed by atoms with E-state index in [9.17, 15) is 98.2 Å². The number of rotatable bonds is 23. The van der Waals surface area contributed by atoms with Crippen LogP contribution in [0.1, 0.15) is 133 Å². The molecular weight excluding hydrogens is 1190 g/mol. The zero-order valence-electron chi connectivity index (χ0n) is 42.3. The van der Waals surface area contributed by atoms with Gasteiger partial charge in [0, 0.05) is 29.5 Å². The van der Waals surface area contributed by atoms with Gasteiger partial charge in [-0.3, -0.25) is 9.59 Å². The third-order valence-corrected chi connectivity index (χ3v) is 14.6. The van der Waals surface area contributed by atoms with Crippen molar-refractivity contribution in [1.82, 2.24) is 30.9 Å². The van der Waals surface area contributed by atoms with E-state index in [-0.39, 0.29) is 62.6 Å². The number of aromatic nitrogens is 3. The van der Waals surface area contributed by atoms with Crippen LogP contribution in [-0.2, 0) is 22.3 Å². The molecule has 13 nitrogen and oxygen atoms in total. The number of nitrogens with zero attached hydrogens (tertiary/aromatic N) is 3. The van der Waals surface area contributed by atoms with Crippen LogP contribution in [0.15, 0.2) is 64.2 Å². The Balaban J connectivity index is 1.15. The fraction of sp³-hybridized carbons (Fsp3) is 0.449. The number of oxazole rings is 1. The normalized spacial score (nSPS) is 14.8.